The first-order chi connectivity index (χ1) is 18.4. The Balaban J connectivity index is 1.43. The Morgan fingerprint density at radius 1 is 1.21 bits per heavy atom. The maximum absolute atomic E-state index is 12.6. The van der Waals surface area contributed by atoms with Gasteiger partial charge in [-0.15, -0.1) is 0 Å². The zero-order valence-electron chi connectivity index (χ0n) is 22.5. The third kappa shape index (κ3) is 6.10. The fraction of sp³-hybridized carbons (Fsp3) is 0.552. The van der Waals surface area contributed by atoms with Crippen LogP contribution in [0.5, 0.6) is 0 Å². The molecule has 0 unspecified atom stereocenters. The van der Waals surface area contributed by atoms with E-state index in [2.05, 4.69) is 27.8 Å². The van der Waals surface area contributed by atoms with E-state index in [1.807, 2.05) is 38.1 Å². The van der Waals surface area contributed by atoms with Crippen LogP contribution in [-0.2, 0) is 4.74 Å². The predicted octanol–water partition coefficient (Wildman–Crippen LogP) is 3.27. The van der Waals surface area contributed by atoms with Crippen LogP contribution < -0.4 is 16.0 Å². The molecule has 3 fully saturated rings. The summed E-state index contributed by atoms with van der Waals surface area (Å²) in [5.74, 6) is 2.64. The van der Waals surface area contributed by atoms with Gasteiger partial charge in [-0.05, 0) is 81.9 Å². The number of hydrazone groups is 1. The first-order valence-corrected chi connectivity index (χ1v) is 13.9. The molecule has 1 amide bonds. The van der Waals surface area contributed by atoms with Crippen LogP contribution in [0.1, 0.15) is 73.4 Å². The number of nitrogens with zero attached hydrogens (tertiary/aromatic N) is 3. The molecule has 0 bridgehead atoms. The number of carbonyl (C=O) groups is 1. The lowest BCUT2D eigenvalue weighted by atomic mass is 9.99. The van der Waals surface area contributed by atoms with Crippen LogP contribution in [0.3, 0.4) is 0 Å². The highest BCUT2D eigenvalue weighted by Gasteiger charge is 2.29. The van der Waals surface area contributed by atoms with E-state index in [0.29, 0.717) is 29.2 Å². The second-order valence-corrected chi connectivity index (χ2v) is 10.9. The number of aliphatic hydroxyl groups excluding tert-OH is 1. The molecule has 204 valence electrons. The molecule has 5 rings (SSSR count). The maximum atomic E-state index is 12.6. The molecule has 0 radical (unpaired) electrons. The minimum absolute atomic E-state index is 0.0175. The molecule has 1 saturated heterocycles. The summed E-state index contributed by atoms with van der Waals surface area (Å²) in [7, 11) is 0. The summed E-state index contributed by atoms with van der Waals surface area (Å²) in [6, 6.07) is 6.17. The van der Waals surface area contributed by atoms with Crippen molar-refractivity contribution in [3.8, 4) is 0 Å². The first kappa shape index (κ1) is 26.4. The van der Waals surface area contributed by atoms with E-state index < -0.39 is 0 Å². The Labute approximate surface area is 225 Å². The number of benzene rings is 1. The maximum Gasteiger partial charge on any atom is 0.251 e. The summed E-state index contributed by atoms with van der Waals surface area (Å²) in [6.45, 7) is 10.2. The van der Waals surface area contributed by atoms with Crippen LogP contribution in [0.4, 0.5) is 0 Å². The Morgan fingerprint density at radius 2 is 2.00 bits per heavy atom. The van der Waals surface area contributed by atoms with Gasteiger partial charge in [-0.2, -0.15) is 10.1 Å². The smallest absolute Gasteiger partial charge is 0.251 e. The molecule has 9 nitrogen and oxygen atoms in total. The average molecular weight is 521 g/mol. The van der Waals surface area contributed by atoms with Crippen LogP contribution >= 0.6 is 0 Å². The molecule has 1 aromatic rings. The van der Waals surface area contributed by atoms with Crippen LogP contribution in [0, 0.1) is 12.8 Å². The van der Waals surface area contributed by atoms with E-state index >= 15 is 0 Å². The van der Waals surface area contributed by atoms with Gasteiger partial charge in [0.1, 0.15) is 11.7 Å². The lowest BCUT2D eigenvalue weighted by molar-refractivity contribution is 0.0664. The molecular weight excluding hydrogens is 480 g/mol. The molecule has 4 N–H and O–H groups in total. The largest absolute Gasteiger partial charge is 0.391 e. The van der Waals surface area contributed by atoms with E-state index in [1.54, 1.807) is 5.01 Å². The molecule has 4 aliphatic rings. The van der Waals surface area contributed by atoms with Crippen molar-refractivity contribution >= 4 is 24.0 Å². The zero-order chi connectivity index (χ0) is 26.6. The number of amidine groups is 1. The van der Waals surface area contributed by atoms with Crippen LogP contribution in [0.25, 0.3) is 5.57 Å². The van der Waals surface area contributed by atoms with Gasteiger partial charge < -0.3 is 25.8 Å². The highest BCUT2D eigenvalue weighted by atomic mass is 16.5. The number of allylic oxidation sites excluding steroid dienone is 1. The number of ether oxygens (including phenoxy) is 1. The van der Waals surface area contributed by atoms with Gasteiger partial charge in [0.15, 0.2) is 5.82 Å². The minimum atomic E-state index is -0.384. The van der Waals surface area contributed by atoms with Crippen molar-refractivity contribution in [2.24, 2.45) is 16.0 Å². The lowest BCUT2D eigenvalue weighted by Crippen LogP contribution is -2.43. The summed E-state index contributed by atoms with van der Waals surface area (Å²) >= 11 is 0. The topological polar surface area (TPSA) is 111 Å². The predicted molar refractivity (Wildman–Crippen MR) is 149 cm³/mol. The van der Waals surface area contributed by atoms with Crippen LogP contribution in [-0.4, -0.2) is 66.5 Å². The van der Waals surface area contributed by atoms with Gasteiger partial charge in [0, 0.05) is 49.7 Å². The summed E-state index contributed by atoms with van der Waals surface area (Å²) in [4.78, 5) is 17.6. The van der Waals surface area contributed by atoms with Crippen LogP contribution in [0.15, 0.2) is 46.0 Å². The minimum Gasteiger partial charge on any atom is -0.391 e. The number of nitrogens with one attached hydrogen (secondary N) is 3. The number of rotatable bonds is 8. The van der Waals surface area contributed by atoms with Crippen molar-refractivity contribution in [2.75, 3.05) is 19.8 Å². The summed E-state index contributed by atoms with van der Waals surface area (Å²) in [5, 5.41) is 26.6. The monoisotopic (exact) mass is 520 g/mol. The van der Waals surface area contributed by atoms with Gasteiger partial charge in [-0.25, -0.2) is 4.99 Å². The molecule has 2 saturated carbocycles. The summed E-state index contributed by atoms with van der Waals surface area (Å²) in [5.41, 5.74) is 3.49. The summed E-state index contributed by atoms with van der Waals surface area (Å²) < 4.78 is 5.52. The Bertz CT molecular complexity index is 1150. The van der Waals surface area contributed by atoms with Crippen molar-refractivity contribution < 1.29 is 14.6 Å². The van der Waals surface area contributed by atoms with Crippen molar-refractivity contribution in [2.45, 2.75) is 77.0 Å². The number of aliphatic hydroxyl groups is 1. The van der Waals surface area contributed by atoms with E-state index in [4.69, 9.17) is 9.73 Å². The third-order valence-corrected chi connectivity index (χ3v) is 7.95. The summed E-state index contributed by atoms with van der Waals surface area (Å²) in [6.07, 6.45) is 8.43. The van der Waals surface area contributed by atoms with Gasteiger partial charge in [0.25, 0.3) is 5.91 Å². The molecular formula is C29H40N6O3. The average Bonchev–Trinajstić information content (AvgIpc) is 3.66. The number of hydrogen-bond acceptors (Lipinski definition) is 8. The van der Waals surface area contributed by atoms with Crippen molar-refractivity contribution in [1.29, 1.82) is 0 Å². The number of aryl methyl sites for hydroxylation is 1. The van der Waals surface area contributed by atoms with Crippen molar-refractivity contribution in [3.05, 3.63) is 52.6 Å². The lowest BCUT2D eigenvalue weighted by Gasteiger charge is -2.31. The fourth-order valence-electron chi connectivity index (χ4n) is 5.35. The van der Waals surface area contributed by atoms with E-state index in [9.17, 15) is 9.90 Å². The number of carbonyl (C=O) groups excluding carboxylic acids is 1. The Kier molecular flexibility index (Phi) is 8.14. The van der Waals surface area contributed by atoms with Crippen molar-refractivity contribution in [3.63, 3.8) is 0 Å². The van der Waals surface area contributed by atoms with Crippen LogP contribution in [0.2, 0.25) is 0 Å². The van der Waals surface area contributed by atoms with E-state index in [-0.39, 0.29) is 18.1 Å². The SMILES string of the molecule is C=NN1C(NCC2CCOCC2)=CC(N[C@H]2CCC[C@@H]2O)=N/C1=C(/C)c1ccc(C(=O)NC2CC2)c(C)c1. The number of aliphatic imine (C=N–C) groups is 1. The zero-order valence-corrected chi connectivity index (χ0v) is 22.5. The first-order valence-electron chi connectivity index (χ1n) is 13.9. The number of amides is 1. The van der Waals surface area contributed by atoms with Gasteiger partial charge >= 0.3 is 0 Å². The molecule has 0 spiro atoms. The second kappa shape index (κ2) is 11.7. The Morgan fingerprint density at radius 3 is 2.66 bits per heavy atom. The van der Waals surface area contributed by atoms with E-state index in [1.165, 1.54) is 0 Å². The second-order valence-electron chi connectivity index (χ2n) is 10.9. The standard InChI is InChI=1S/C29H40N6O3/c1-18-15-21(7-10-23(18)29(37)32-22-8-9-22)19(2)28-34-26(33-24-5-4-6-25(24)36)16-27(35(28)30-3)31-17-20-11-13-38-14-12-20/h7,10,15-16,20,22,24-25,31,36H,3-6,8-9,11-14,17H2,1-2H3,(H,32,37)(H,33,34)/b28-19+/t24-,25-/m0/s1. The molecule has 2 aliphatic heterocycles. The quantitative estimate of drug-likeness (QED) is 0.392. The van der Waals surface area contributed by atoms with Gasteiger partial charge in [-0.1, -0.05) is 12.1 Å². The Hall–Kier alpha value is -3.17. The molecule has 2 aliphatic carbocycles. The highest BCUT2D eigenvalue weighted by Crippen LogP contribution is 2.30. The third-order valence-electron chi connectivity index (χ3n) is 7.95. The van der Waals surface area contributed by atoms with Gasteiger partial charge in [0.05, 0.1) is 12.1 Å². The molecule has 38 heavy (non-hydrogen) atoms. The fourth-order valence-corrected chi connectivity index (χ4v) is 5.35. The van der Waals surface area contributed by atoms with Crippen molar-refractivity contribution in [1.82, 2.24) is 21.0 Å². The molecule has 9 heteroatoms. The number of hydrogen-bond donors (Lipinski definition) is 4. The highest BCUT2D eigenvalue weighted by molar-refractivity contribution is 5.97. The molecule has 1 aromatic carbocycles. The van der Waals surface area contributed by atoms with E-state index in [0.717, 1.165) is 87.2 Å². The molecule has 0 aromatic heterocycles. The normalized spacial score (nSPS) is 25.4. The molecule has 2 heterocycles. The molecule has 2 atom stereocenters. The van der Waals surface area contributed by atoms with Gasteiger partial charge in [-0.3, -0.25) is 4.79 Å². The van der Waals surface area contributed by atoms with Gasteiger partial charge in [0.2, 0.25) is 0 Å².